The Bertz CT molecular complexity index is 800. The van der Waals surface area contributed by atoms with Gasteiger partial charge in [0.2, 0.25) is 0 Å². The number of hydrogen-bond donors (Lipinski definition) is 2. The van der Waals surface area contributed by atoms with Crippen molar-refractivity contribution < 1.29 is 5.11 Å². The van der Waals surface area contributed by atoms with Gasteiger partial charge in [0.25, 0.3) is 0 Å². The van der Waals surface area contributed by atoms with Gasteiger partial charge in [-0.1, -0.05) is 12.1 Å². The standard InChI is InChI=1S/C16H14N4O/c1-11(19-20-15-6-2-3-9-17-15)12-7-8-14(21)16-13(12)5-4-10-18-16/h2-10,21H,1H3,(H,17,20)/b19-11+. The summed E-state index contributed by atoms with van der Waals surface area (Å²) in [5.41, 5.74) is 5.19. The van der Waals surface area contributed by atoms with E-state index in [1.54, 1.807) is 18.5 Å². The number of benzene rings is 1. The van der Waals surface area contributed by atoms with Crippen LogP contribution in [0.3, 0.4) is 0 Å². The van der Waals surface area contributed by atoms with E-state index in [4.69, 9.17) is 0 Å². The molecule has 1 aromatic carbocycles. The molecule has 5 heteroatoms. The van der Waals surface area contributed by atoms with Crippen LogP contribution in [0.25, 0.3) is 10.9 Å². The lowest BCUT2D eigenvalue weighted by atomic mass is 10.0. The van der Waals surface area contributed by atoms with E-state index in [0.29, 0.717) is 11.3 Å². The van der Waals surface area contributed by atoms with Crippen LogP contribution in [0.5, 0.6) is 5.75 Å². The van der Waals surface area contributed by atoms with Gasteiger partial charge in [0.15, 0.2) is 0 Å². The van der Waals surface area contributed by atoms with Crippen LogP contribution in [0.2, 0.25) is 0 Å². The largest absolute Gasteiger partial charge is 0.506 e. The molecule has 0 fully saturated rings. The maximum absolute atomic E-state index is 9.86. The molecule has 3 rings (SSSR count). The molecule has 21 heavy (non-hydrogen) atoms. The summed E-state index contributed by atoms with van der Waals surface area (Å²) in [5.74, 6) is 0.845. The van der Waals surface area contributed by atoms with Gasteiger partial charge >= 0.3 is 0 Å². The molecule has 0 atom stereocenters. The number of aromatic hydroxyl groups is 1. The predicted octanol–water partition coefficient (Wildman–Crippen LogP) is 3.17. The van der Waals surface area contributed by atoms with Crippen LogP contribution in [-0.4, -0.2) is 20.8 Å². The predicted molar refractivity (Wildman–Crippen MR) is 83.5 cm³/mol. The summed E-state index contributed by atoms with van der Waals surface area (Å²) in [6.07, 6.45) is 3.36. The number of pyridine rings is 2. The Labute approximate surface area is 122 Å². The lowest BCUT2D eigenvalue weighted by molar-refractivity contribution is 0.480. The van der Waals surface area contributed by atoms with Gasteiger partial charge in [0, 0.05) is 23.3 Å². The first-order chi connectivity index (χ1) is 10.3. The first kappa shape index (κ1) is 13.1. The fraction of sp³-hybridized carbons (Fsp3) is 0.0625. The van der Waals surface area contributed by atoms with Crippen molar-refractivity contribution in [2.45, 2.75) is 6.92 Å². The zero-order valence-electron chi connectivity index (χ0n) is 11.5. The quantitative estimate of drug-likeness (QED) is 0.570. The van der Waals surface area contributed by atoms with Gasteiger partial charge in [-0.25, -0.2) is 4.98 Å². The minimum atomic E-state index is 0.167. The van der Waals surface area contributed by atoms with Crippen LogP contribution in [0.15, 0.2) is 60.0 Å². The third-order valence-electron chi connectivity index (χ3n) is 3.14. The Morgan fingerprint density at radius 3 is 2.71 bits per heavy atom. The van der Waals surface area contributed by atoms with E-state index < -0.39 is 0 Å². The van der Waals surface area contributed by atoms with Crippen molar-refractivity contribution in [3.63, 3.8) is 0 Å². The van der Waals surface area contributed by atoms with Crippen LogP contribution < -0.4 is 5.43 Å². The first-order valence-corrected chi connectivity index (χ1v) is 6.54. The fourth-order valence-electron chi connectivity index (χ4n) is 2.10. The maximum Gasteiger partial charge on any atom is 0.146 e. The van der Waals surface area contributed by atoms with Gasteiger partial charge < -0.3 is 5.11 Å². The highest BCUT2D eigenvalue weighted by Gasteiger charge is 2.08. The number of phenolic OH excluding ortho intramolecular Hbond substituents is 1. The van der Waals surface area contributed by atoms with Crippen molar-refractivity contribution in [2.24, 2.45) is 5.10 Å². The van der Waals surface area contributed by atoms with Gasteiger partial charge in [0.05, 0.1) is 5.71 Å². The van der Waals surface area contributed by atoms with E-state index in [0.717, 1.165) is 16.7 Å². The SMILES string of the molecule is C/C(=N\Nc1ccccn1)c1ccc(O)c2ncccc12. The summed E-state index contributed by atoms with van der Waals surface area (Å²) in [7, 11) is 0. The molecule has 0 unspecified atom stereocenters. The van der Waals surface area contributed by atoms with Gasteiger partial charge in [0.1, 0.15) is 17.1 Å². The second kappa shape index (κ2) is 5.58. The molecular formula is C16H14N4O. The Balaban J connectivity index is 1.98. The van der Waals surface area contributed by atoms with E-state index in [1.165, 1.54) is 0 Å². The molecule has 0 spiro atoms. The van der Waals surface area contributed by atoms with Gasteiger partial charge in [-0.3, -0.25) is 10.4 Å². The summed E-state index contributed by atoms with van der Waals surface area (Å²) >= 11 is 0. The molecule has 104 valence electrons. The minimum absolute atomic E-state index is 0.167. The molecular weight excluding hydrogens is 264 g/mol. The number of nitrogens with zero attached hydrogens (tertiary/aromatic N) is 3. The second-order valence-corrected chi connectivity index (χ2v) is 4.56. The van der Waals surface area contributed by atoms with Gasteiger partial charge in [-0.15, -0.1) is 0 Å². The highest BCUT2D eigenvalue weighted by molar-refractivity contribution is 6.10. The zero-order valence-corrected chi connectivity index (χ0v) is 11.5. The van der Waals surface area contributed by atoms with E-state index in [-0.39, 0.29) is 5.75 Å². The number of phenols is 1. The van der Waals surface area contributed by atoms with Crippen LogP contribution in [-0.2, 0) is 0 Å². The van der Waals surface area contributed by atoms with Crippen LogP contribution in [0.4, 0.5) is 5.82 Å². The van der Waals surface area contributed by atoms with Crippen LogP contribution >= 0.6 is 0 Å². The molecule has 2 heterocycles. The summed E-state index contributed by atoms with van der Waals surface area (Å²) in [6.45, 7) is 1.90. The number of anilines is 1. The second-order valence-electron chi connectivity index (χ2n) is 4.56. The molecule has 0 aliphatic carbocycles. The van der Waals surface area contributed by atoms with Crippen LogP contribution in [0, 0.1) is 0 Å². The lowest BCUT2D eigenvalue weighted by Crippen LogP contribution is -2.01. The number of fused-ring (bicyclic) bond motifs is 1. The first-order valence-electron chi connectivity index (χ1n) is 6.54. The average molecular weight is 278 g/mol. The molecule has 2 N–H and O–H groups in total. The van der Waals surface area contributed by atoms with Crippen molar-refractivity contribution >= 4 is 22.4 Å². The molecule has 0 saturated heterocycles. The number of hydrogen-bond acceptors (Lipinski definition) is 5. The molecule has 0 radical (unpaired) electrons. The Morgan fingerprint density at radius 2 is 1.90 bits per heavy atom. The topological polar surface area (TPSA) is 70.4 Å². The molecule has 2 aromatic heterocycles. The molecule has 0 saturated carbocycles. The molecule has 0 aliphatic rings. The third-order valence-corrected chi connectivity index (χ3v) is 3.14. The monoisotopic (exact) mass is 278 g/mol. The van der Waals surface area contributed by atoms with E-state index in [2.05, 4.69) is 20.5 Å². The lowest BCUT2D eigenvalue weighted by Gasteiger charge is -2.07. The number of rotatable bonds is 3. The summed E-state index contributed by atoms with van der Waals surface area (Å²) in [4.78, 5) is 8.35. The highest BCUT2D eigenvalue weighted by Crippen LogP contribution is 2.25. The van der Waals surface area contributed by atoms with Crippen molar-refractivity contribution in [2.75, 3.05) is 5.43 Å². The molecule has 5 nitrogen and oxygen atoms in total. The Hall–Kier alpha value is -2.95. The summed E-state index contributed by atoms with van der Waals surface area (Å²) in [5, 5.41) is 15.1. The average Bonchev–Trinajstić information content (AvgIpc) is 2.54. The van der Waals surface area contributed by atoms with E-state index in [9.17, 15) is 5.11 Å². The Morgan fingerprint density at radius 1 is 1.05 bits per heavy atom. The van der Waals surface area contributed by atoms with Gasteiger partial charge in [-0.05, 0) is 37.3 Å². The van der Waals surface area contributed by atoms with Crippen molar-refractivity contribution in [1.82, 2.24) is 9.97 Å². The maximum atomic E-state index is 9.86. The van der Waals surface area contributed by atoms with Crippen LogP contribution in [0.1, 0.15) is 12.5 Å². The minimum Gasteiger partial charge on any atom is -0.506 e. The van der Waals surface area contributed by atoms with E-state index in [1.807, 2.05) is 43.3 Å². The smallest absolute Gasteiger partial charge is 0.146 e. The normalized spacial score (nSPS) is 11.6. The summed E-state index contributed by atoms with van der Waals surface area (Å²) < 4.78 is 0. The molecule has 3 aromatic rings. The van der Waals surface area contributed by atoms with Crippen molar-refractivity contribution in [1.29, 1.82) is 0 Å². The van der Waals surface area contributed by atoms with Crippen molar-refractivity contribution in [3.05, 3.63) is 60.4 Å². The number of nitrogens with one attached hydrogen (secondary N) is 1. The molecule has 0 bridgehead atoms. The summed E-state index contributed by atoms with van der Waals surface area (Å²) in [6, 6.07) is 12.8. The molecule has 0 aliphatic heterocycles. The number of aromatic nitrogens is 2. The Kier molecular flexibility index (Phi) is 3.47. The zero-order chi connectivity index (χ0) is 14.7. The highest BCUT2D eigenvalue weighted by atomic mass is 16.3. The fourth-order valence-corrected chi connectivity index (χ4v) is 2.10. The van der Waals surface area contributed by atoms with E-state index >= 15 is 0 Å². The third kappa shape index (κ3) is 2.67. The number of hydrazone groups is 1. The van der Waals surface area contributed by atoms with Gasteiger partial charge in [-0.2, -0.15) is 5.10 Å². The molecule has 0 amide bonds. The van der Waals surface area contributed by atoms with Crippen molar-refractivity contribution in [3.8, 4) is 5.75 Å².